The fourth-order valence-corrected chi connectivity index (χ4v) is 4.42. The van der Waals surface area contributed by atoms with Crippen LogP contribution in [0, 0.1) is 13.8 Å². The Balaban J connectivity index is 2.00. The van der Waals surface area contributed by atoms with Crippen LogP contribution in [-0.4, -0.2) is 51.5 Å². The summed E-state index contributed by atoms with van der Waals surface area (Å²) in [7, 11) is 0. The summed E-state index contributed by atoms with van der Waals surface area (Å²) in [6.45, 7) is 5.17. The summed E-state index contributed by atoms with van der Waals surface area (Å²) in [6.07, 6.45) is 0. The third-order valence-electron chi connectivity index (χ3n) is 4.05. The number of nitrogens with zero attached hydrogens (tertiary/aromatic N) is 4. The molecular formula is C18H22BrN5O2S. The second kappa shape index (κ2) is 8.92. The zero-order chi connectivity index (χ0) is 19.4. The number of fused-ring (bicyclic) bond motifs is 1. The first-order valence-electron chi connectivity index (χ1n) is 8.63. The van der Waals surface area contributed by atoms with Crippen molar-refractivity contribution in [3.63, 3.8) is 0 Å². The van der Waals surface area contributed by atoms with Gasteiger partial charge in [0.15, 0.2) is 0 Å². The molecule has 0 atom stereocenters. The van der Waals surface area contributed by atoms with Gasteiger partial charge in [-0.05, 0) is 41.9 Å². The van der Waals surface area contributed by atoms with Crippen molar-refractivity contribution in [2.24, 2.45) is 0 Å². The number of aliphatic hydroxyl groups is 2. The molecule has 0 saturated heterocycles. The smallest absolute Gasteiger partial charge is 0.228 e. The zero-order valence-electron chi connectivity index (χ0n) is 15.2. The maximum absolute atomic E-state index is 9.33. The maximum atomic E-state index is 9.33. The number of halogens is 1. The molecule has 3 aromatic rings. The van der Waals surface area contributed by atoms with Gasteiger partial charge in [0.05, 0.1) is 30.8 Å². The molecule has 0 radical (unpaired) electrons. The molecule has 0 aliphatic rings. The molecule has 144 valence electrons. The number of anilines is 2. The minimum Gasteiger partial charge on any atom is -0.395 e. The van der Waals surface area contributed by atoms with E-state index in [1.807, 2.05) is 32.0 Å². The minimum absolute atomic E-state index is 0.0372. The average Bonchev–Trinajstić information content (AvgIpc) is 2.94. The van der Waals surface area contributed by atoms with Crippen LogP contribution in [0.2, 0.25) is 0 Å². The van der Waals surface area contributed by atoms with Crippen molar-refractivity contribution in [2.75, 3.05) is 36.5 Å². The number of aliphatic hydroxyl groups excluding tert-OH is 2. The molecule has 3 N–H and O–H groups in total. The summed E-state index contributed by atoms with van der Waals surface area (Å²) in [6, 6.07) is 5.91. The fourth-order valence-electron chi connectivity index (χ4n) is 2.76. The van der Waals surface area contributed by atoms with Crippen LogP contribution in [0.1, 0.15) is 16.3 Å². The highest BCUT2D eigenvalue weighted by atomic mass is 79.9. The van der Waals surface area contributed by atoms with Crippen LogP contribution in [0.15, 0.2) is 22.7 Å². The third-order valence-corrected chi connectivity index (χ3v) is 6.30. The quantitative estimate of drug-likeness (QED) is 0.484. The second-order valence-corrected chi connectivity index (χ2v) is 8.08. The molecule has 3 heterocycles. The lowest BCUT2D eigenvalue weighted by atomic mass is 10.3. The Kier molecular flexibility index (Phi) is 6.59. The lowest BCUT2D eigenvalue weighted by molar-refractivity contribution is 0.280. The number of pyridine rings is 1. The molecule has 0 spiro atoms. The van der Waals surface area contributed by atoms with Gasteiger partial charge < -0.3 is 20.4 Å². The summed E-state index contributed by atoms with van der Waals surface area (Å²) in [5, 5.41) is 23.0. The van der Waals surface area contributed by atoms with Gasteiger partial charge in [-0.3, -0.25) is 4.98 Å². The molecule has 27 heavy (non-hydrogen) atoms. The molecule has 0 saturated carbocycles. The van der Waals surface area contributed by atoms with Crippen LogP contribution in [0.4, 0.5) is 11.8 Å². The number of hydrogen-bond donors (Lipinski definition) is 3. The normalized spacial score (nSPS) is 11.1. The van der Waals surface area contributed by atoms with Crippen molar-refractivity contribution in [3.05, 3.63) is 38.9 Å². The standard InChI is InChI=1S/C18H22BrN5O2S/c1-11-4-3-5-13(21-11)10-20-16-14-15(19)12(2)27-17(14)23-18(22-16)24(6-8-25)7-9-26/h3-5,25-26H,6-10H2,1-2H3,(H,20,22,23). The van der Waals surface area contributed by atoms with E-state index in [9.17, 15) is 10.2 Å². The van der Waals surface area contributed by atoms with Crippen LogP contribution in [0.25, 0.3) is 10.2 Å². The Morgan fingerprint density at radius 3 is 2.52 bits per heavy atom. The summed E-state index contributed by atoms with van der Waals surface area (Å²) in [4.78, 5) is 17.6. The number of aromatic nitrogens is 3. The van der Waals surface area contributed by atoms with Gasteiger partial charge in [-0.15, -0.1) is 11.3 Å². The van der Waals surface area contributed by atoms with Gasteiger partial charge in [0.25, 0.3) is 0 Å². The van der Waals surface area contributed by atoms with Crippen LogP contribution in [-0.2, 0) is 6.54 Å². The fraction of sp³-hybridized carbons (Fsp3) is 0.389. The number of nitrogens with one attached hydrogen (secondary N) is 1. The predicted octanol–water partition coefficient (Wildman–Crippen LogP) is 2.87. The molecule has 3 rings (SSSR count). The van der Waals surface area contributed by atoms with Crippen molar-refractivity contribution in [3.8, 4) is 0 Å². The van der Waals surface area contributed by atoms with Gasteiger partial charge in [0.2, 0.25) is 5.95 Å². The largest absolute Gasteiger partial charge is 0.395 e. The van der Waals surface area contributed by atoms with E-state index in [4.69, 9.17) is 0 Å². The summed E-state index contributed by atoms with van der Waals surface area (Å²) >= 11 is 5.22. The monoisotopic (exact) mass is 451 g/mol. The maximum Gasteiger partial charge on any atom is 0.228 e. The van der Waals surface area contributed by atoms with E-state index < -0.39 is 0 Å². The van der Waals surface area contributed by atoms with E-state index in [2.05, 4.69) is 36.2 Å². The Bertz CT molecular complexity index is 928. The highest BCUT2D eigenvalue weighted by Gasteiger charge is 2.18. The van der Waals surface area contributed by atoms with E-state index in [0.29, 0.717) is 31.4 Å². The Morgan fingerprint density at radius 2 is 1.85 bits per heavy atom. The van der Waals surface area contributed by atoms with Crippen molar-refractivity contribution in [2.45, 2.75) is 20.4 Å². The van der Waals surface area contributed by atoms with E-state index in [1.54, 1.807) is 16.2 Å². The van der Waals surface area contributed by atoms with Gasteiger partial charge in [0.1, 0.15) is 10.6 Å². The molecular weight excluding hydrogens is 430 g/mol. The lowest BCUT2D eigenvalue weighted by Gasteiger charge is -2.21. The van der Waals surface area contributed by atoms with E-state index in [1.165, 1.54) is 0 Å². The first-order chi connectivity index (χ1) is 13.0. The topological polar surface area (TPSA) is 94.4 Å². The highest BCUT2D eigenvalue weighted by molar-refractivity contribution is 9.10. The highest BCUT2D eigenvalue weighted by Crippen LogP contribution is 2.38. The molecule has 0 aromatic carbocycles. The number of rotatable bonds is 8. The van der Waals surface area contributed by atoms with Crippen molar-refractivity contribution >= 4 is 49.2 Å². The Hall–Kier alpha value is -1.81. The van der Waals surface area contributed by atoms with Crippen LogP contribution in [0.3, 0.4) is 0 Å². The van der Waals surface area contributed by atoms with Crippen molar-refractivity contribution < 1.29 is 10.2 Å². The minimum atomic E-state index is -0.0372. The number of aryl methyl sites for hydroxylation is 2. The Labute approximate surface area is 170 Å². The zero-order valence-corrected chi connectivity index (χ0v) is 17.6. The van der Waals surface area contributed by atoms with Gasteiger partial charge in [-0.1, -0.05) is 6.07 Å². The molecule has 7 nitrogen and oxygen atoms in total. The van der Waals surface area contributed by atoms with Gasteiger partial charge in [-0.25, -0.2) is 4.98 Å². The molecule has 9 heteroatoms. The van der Waals surface area contributed by atoms with E-state index in [-0.39, 0.29) is 13.2 Å². The number of hydrogen-bond acceptors (Lipinski definition) is 8. The van der Waals surface area contributed by atoms with Gasteiger partial charge >= 0.3 is 0 Å². The third kappa shape index (κ3) is 4.55. The Morgan fingerprint density at radius 1 is 1.11 bits per heavy atom. The van der Waals surface area contributed by atoms with E-state index in [0.717, 1.165) is 31.0 Å². The molecule has 3 aromatic heterocycles. The molecule has 0 bridgehead atoms. The van der Waals surface area contributed by atoms with Crippen molar-refractivity contribution in [1.82, 2.24) is 15.0 Å². The van der Waals surface area contributed by atoms with Gasteiger partial charge in [-0.2, -0.15) is 4.98 Å². The van der Waals surface area contributed by atoms with Crippen LogP contribution in [0.5, 0.6) is 0 Å². The molecule has 0 unspecified atom stereocenters. The molecule has 0 aliphatic heterocycles. The molecule has 0 fully saturated rings. The lowest BCUT2D eigenvalue weighted by Crippen LogP contribution is -2.31. The average molecular weight is 452 g/mol. The summed E-state index contributed by atoms with van der Waals surface area (Å²) in [5.41, 5.74) is 1.89. The number of thiophene rings is 1. The second-order valence-electron chi connectivity index (χ2n) is 6.08. The summed E-state index contributed by atoms with van der Waals surface area (Å²) in [5.74, 6) is 1.19. The first-order valence-corrected chi connectivity index (χ1v) is 10.2. The summed E-state index contributed by atoms with van der Waals surface area (Å²) < 4.78 is 0.976. The predicted molar refractivity (Wildman–Crippen MR) is 113 cm³/mol. The SMILES string of the molecule is Cc1cccc(CNc2nc(N(CCO)CCO)nc3sc(C)c(Br)c23)n1. The first kappa shape index (κ1) is 19.9. The van der Waals surface area contributed by atoms with Gasteiger partial charge in [0, 0.05) is 28.1 Å². The van der Waals surface area contributed by atoms with E-state index >= 15 is 0 Å². The van der Waals surface area contributed by atoms with Crippen LogP contribution < -0.4 is 10.2 Å². The molecule has 0 aliphatic carbocycles. The molecule has 0 amide bonds. The van der Waals surface area contributed by atoms with Crippen LogP contribution >= 0.6 is 27.3 Å². The van der Waals surface area contributed by atoms with Crippen molar-refractivity contribution in [1.29, 1.82) is 0 Å².